The number of nitrogens with one attached hydrogen (secondary N) is 1. The minimum atomic E-state index is -0.275. The first-order valence-corrected chi connectivity index (χ1v) is 21.3. The SMILES string of the molecule is c1ccc(C2=NC(c3ccc4c(c3)oc3cc(-c5cccc(-n6c7ccccc7c7cc8c9ccccc9n(-c9ccccc9)c8cc76)c5)ccc34)=NC(c3ccccc3)N2)cc1. The minimum absolute atomic E-state index is 0.275. The third kappa shape index (κ3) is 5.73. The number of rotatable bonds is 6. The van der Waals surface area contributed by atoms with Crippen LogP contribution in [-0.2, 0) is 0 Å². The highest BCUT2D eigenvalue weighted by Crippen LogP contribution is 2.41. The number of hydrogen-bond donors (Lipinski definition) is 1. The molecule has 6 heteroatoms. The van der Waals surface area contributed by atoms with Gasteiger partial charge in [0, 0.05) is 54.8 Å². The van der Waals surface area contributed by atoms with Crippen molar-refractivity contribution in [3.05, 3.63) is 229 Å². The summed E-state index contributed by atoms with van der Waals surface area (Å²) < 4.78 is 11.5. The molecule has 1 aliphatic rings. The van der Waals surface area contributed by atoms with E-state index in [2.05, 4.69) is 190 Å². The Morgan fingerprint density at radius 1 is 0.381 bits per heavy atom. The summed E-state index contributed by atoms with van der Waals surface area (Å²) in [6, 6.07) is 75.1. The molecule has 12 aromatic rings. The third-order valence-corrected chi connectivity index (χ3v) is 12.6. The average Bonchev–Trinajstić information content (AvgIpc) is 4.00. The van der Waals surface area contributed by atoms with Gasteiger partial charge in [-0.25, -0.2) is 9.98 Å². The topological polar surface area (TPSA) is 59.8 Å². The highest BCUT2D eigenvalue weighted by Gasteiger charge is 2.23. The zero-order chi connectivity index (χ0) is 41.4. The molecule has 9 aromatic carbocycles. The monoisotopic (exact) mass is 807 g/mol. The summed E-state index contributed by atoms with van der Waals surface area (Å²) in [6.45, 7) is 0. The molecule has 296 valence electrons. The molecule has 1 atom stereocenters. The number of aliphatic imine (C=N–C) groups is 2. The summed E-state index contributed by atoms with van der Waals surface area (Å²) in [5.74, 6) is 1.45. The summed E-state index contributed by atoms with van der Waals surface area (Å²) in [6.07, 6.45) is -0.275. The maximum Gasteiger partial charge on any atom is 0.159 e. The molecule has 1 unspecified atom stereocenters. The van der Waals surface area contributed by atoms with Crippen molar-refractivity contribution in [1.29, 1.82) is 0 Å². The number of furan rings is 1. The van der Waals surface area contributed by atoms with Gasteiger partial charge in [0.05, 0.1) is 22.1 Å². The normalized spacial score (nSPS) is 14.2. The first-order valence-electron chi connectivity index (χ1n) is 21.3. The van der Waals surface area contributed by atoms with E-state index in [1.54, 1.807) is 0 Å². The van der Waals surface area contributed by atoms with Gasteiger partial charge >= 0.3 is 0 Å². The Balaban J connectivity index is 0.915. The number of amidine groups is 2. The smallest absolute Gasteiger partial charge is 0.159 e. The van der Waals surface area contributed by atoms with Gasteiger partial charge in [0.2, 0.25) is 0 Å². The molecule has 1 N–H and O–H groups in total. The maximum atomic E-state index is 6.67. The van der Waals surface area contributed by atoms with Gasteiger partial charge < -0.3 is 18.9 Å². The van der Waals surface area contributed by atoms with Crippen LogP contribution in [0.25, 0.3) is 88.1 Å². The summed E-state index contributed by atoms with van der Waals surface area (Å²) in [7, 11) is 0. The van der Waals surface area contributed by atoms with Crippen molar-refractivity contribution in [2.75, 3.05) is 0 Å². The zero-order valence-electron chi connectivity index (χ0n) is 34.0. The second kappa shape index (κ2) is 14.0. The van der Waals surface area contributed by atoms with Gasteiger partial charge in [-0.15, -0.1) is 0 Å². The fraction of sp³-hybridized carbons (Fsp3) is 0.0175. The molecule has 0 amide bonds. The average molecular weight is 808 g/mol. The van der Waals surface area contributed by atoms with E-state index in [0.717, 1.165) is 72.5 Å². The molecule has 1 aliphatic heterocycles. The van der Waals surface area contributed by atoms with Gasteiger partial charge in [-0.3, -0.25) is 0 Å². The van der Waals surface area contributed by atoms with Crippen LogP contribution in [0.3, 0.4) is 0 Å². The summed E-state index contributed by atoms with van der Waals surface area (Å²) in [4.78, 5) is 10.1. The molecule has 0 fully saturated rings. The number of aromatic nitrogens is 2. The Labute approximate surface area is 362 Å². The lowest BCUT2D eigenvalue weighted by molar-refractivity contribution is 0.667. The number of fused-ring (bicyclic) bond motifs is 9. The number of hydrogen-bond acceptors (Lipinski definition) is 4. The molecule has 0 radical (unpaired) electrons. The van der Waals surface area contributed by atoms with Crippen LogP contribution in [0.1, 0.15) is 22.9 Å². The highest BCUT2D eigenvalue weighted by atomic mass is 16.3. The Kier molecular flexibility index (Phi) is 7.87. The lowest BCUT2D eigenvalue weighted by Gasteiger charge is -2.23. The first kappa shape index (κ1) is 35.3. The Hall–Kier alpha value is -8.48. The second-order valence-electron chi connectivity index (χ2n) is 16.2. The van der Waals surface area contributed by atoms with Crippen molar-refractivity contribution >= 4 is 77.2 Å². The van der Waals surface area contributed by atoms with Crippen LogP contribution in [0.5, 0.6) is 0 Å². The van der Waals surface area contributed by atoms with Gasteiger partial charge in [0.1, 0.15) is 23.2 Å². The molecule has 13 rings (SSSR count). The number of benzene rings is 9. The Morgan fingerprint density at radius 3 is 1.62 bits per heavy atom. The summed E-state index contributed by atoms with van der Waals surface area (Å²) in [5.41, 5.74) is 13.8. The summed E-state index contributed by atoms with van der Waals surface area (Å²) >= 11 is 0. The third-order valence-electron chi connectivity index (χ3n) is 12.6. The molecule has 6 nitrogen and oxygen atoms in total. The molecular weight excluding hydrogens is 771 g/mol. The number of para-hydroxylation sites is 3. The molecular formula is C57H37N5O. The van der Waals surface area contributed by atoms with Crippen molar-refractivity contribution in [3.8, 4) is 22.5 Å². The molecule has 4 heterocycles. The van der Waals surface area contributed by atoms with Gasteiger partial charge in [-0.05, 0) is 89.5 Å². The first-order chi connectivity index (χ1) is 31.2. The molecule has 63 heavy (non-hydrogen) atoms. The zero-order valence-corrected chi connectivity index (χ0v) is 34.0. The van der Waals surface area contributed by atoms with Crippen LogP contribution < -0.4 is 5.32 Å². The van der Waals surface area contributed by atoms with E-state index in [-0.39, 0.29) is 6.17 Å². The molecule has 0 saturated carbocycles. The fourth-order valence-electron chi connectivity index (χ4n) is 9.61. The van der Waals surface area contributed by atoms with Crippen LogP contribution in [0.15, 0.2) is 227 Å². The van der Waals surface area contributed by atoms with E-state index >= 15 is 0 Å². The van der Waals surface area contributed by atoms with Crippen LogP contribution >= 0.6 is 0 Å². The standard InChI is InChI=1S/C57H37N5O/c1-4-15-36(16-5-1)55-58-56(37-17-6-2-7-18-37)60-57(59-55)40-28-30-46-45-29-27-39(32-53(45)63-54(46)33-40)38-19-14-22-42(31-38)62-50-26-13-11-24-44(50)48-34-47-43-23-10-12-25-49(43)61(51(47)35-52(48)62)41-20-8-3-9-21-41/h1-35,55H,(H,58,59,60). The highest BCUT2D eigenvalue weighted by molar-refractivity contribution is 6.19. The lowest BCUT2D eigenvalue weighted by Crippen LogP contribution is -2.33. The molecule has 0 spiro atoms. The summed E-state index contributed by atoms with van der Waals surface area (Å²) in [5, 5.41) is 10.6. The van der Waals surface area contributed by atoms with Crippen molar-refractivity contribution in [2.45, 2.75) is 6.17 Å². The van der Waals surface area contributed by atoms with Crippen molar-refractivity contribution in [2.24, 2.45) is 9.98 Å². The maximum absolute atomic E-state index is 6.67. The van der Waals surface area contributed by atoms with Crippen LogP contribution in [0.4, 0.5) is 0 Å². The minimum Gasteiger partial charge on any atom is -0.456 e. The van der Waals surface area contributed by atoms with Gasteiger partial charge in [0.15, 0.2) is 5.84 Å². The van der Waals surface area contributed by atoms with Gasteiger partial charge in [-0.2, -0.15) is 0 Å². The van der Waals surface area contributed by atoms with E-state index < -0.39 is 0 Å². The fourth-order valence-corrected chi connectivity index (χ4v) is 9.61. The molecule has 0 aliphatic carbocycles. The van der Waals surface area contributed by atoms with E-state index in [1.807, 2.05) is 36.4 Å². The Bertz CT molecular complexity index is 3820. The quantitative estimate of drug-likeness (QED) is 0.182. The van der Waals surface area contributed by atoms with E-state index in [4.69, 9.17) is 14.4 Å². The van der Waals surface area contributed by atoms with Crippen molar-refractivity contribution in [1.82, 2.24) is 14.5 Å². The van der Waals surface area contributed by atoms with E-state index in [9.17, 15) is 0 Å². The van der Waals surface area contributed by atoms with E-state index in [1.165, 1.54) is 38.1 Å². The van der Waals surface area contributed by atoms with Gasteiger partial charge in [-0.1, -0.05) is 140 Å². The second-order valence-corrected chi connectivity index (χ2v) is 16.2. The lowest BCUT2D eigenvalue weighted by atomic mass is 10.0. The van der Waals surface area contributed by atoms with Gasteiger partial charge in [0.25, 0.3) is 0 Å². The van der Waals surface area contributed by atoms with E-state index in [0.29, 0.717) is 5.84 Å². The van der Waals surface area contributed by atoms with Crippen LogP contribution in [0, 0.1) is 0 Å². The Morgan fingerprint density at radius 2 is 0.921 bits per heavy atom. The number of nitrogens with zero attached hydrogens (tertiary/aromatic N) is 4. The molecule has 0 saturated heterocycles. The predicted molar refractivity (Wildman–Crippen MR) is 260 cm³/mol. The largest absolute Gasteiger partial charge is 0.456 e. The van der Waals surface area contributed by atoms with Crippen LogP contribution in [0.2, 0.25) is 0 Å². The molecule has 0 bridgehead atoms. The predicted octanol–water partition coefficient (Wildman–Crippen LogP) is 13.9. The van der Waals surface area contributed by atoms with Crippen LogP contribution in [-0.4, -0.2) is 20.8 Å². The van der Waals surface area contributed by atoms with Crippen molar-refractivity contribution < 1.29 is 4.42 Å². The van der Waals surface area contributed by atoms with Crippen molar-refractivity contribution in [3.63, 3.8) is 0 Å². The molecule has 3 aromatic heterocycles.